The van der Waals surface area contributed by atoms with Gasteiger partial charge in [0.15, 0.2) is 11.5 Å². The van der Waals surface area contributed by atoms with Crippen LogP contribution in [0.5, 0.6) is 11.5 Å². The number of nitrogens with zero attached hydrogens (tertiary/aromatic N) is 2. The van der Waals surface area contributed by atoms with Gasteiger partial charge in [0.2, 0.25) is 11.8 Å². The Morgan fingerprint density at radius 1 is 0.929 bits per heavy atom. The lowest BCUT2D eigenvalue weighted by Crippen LogP contribution is -2.43. The van der Waals surface area contributed by atoms with Gasteiger partial charge < -0.3 is 9.47 Å². The van der Waals surface area contributed by atoms with Crippen molar-refractivity contribution in [1.29, 1.82) is 0 Å². The van der Waals surface area contributed by atoms with E-state index in [2.05, 4.69) is 11.0 Å². The maximum atomic E-state index is 12.7. The van der Waals surface area contributed by atoms with Crippen molar-refractivity contribution in [3.8, 4) is 11.5 Å². The van der Waals surface area contributed by atoms with E-state index in [0.29, 0.717) is 39.3 Å². The van der Waals surface area contributed by atoms with Crippen LogP contribution in [-0.2, 0) is 22.6 Å². The number of benzene rings is 1. The third-order valence-electron chi connectivity index (χ3n) is 5.90. The molecule has 1 aromatic carbocycles. The number of fused-ring (bicyclic) bond motifs is 2. The molecular formula is C22H28N2O4. The summed E-state index contributed by atoms with van der Waals surface area (Å²) >= 11 is 0. The molecule has 1 fully saturated rings. The van der Waals surface area contributed by atoms with Crippen LogP contribution in [0.4, 0.5) is 0 Å². The molecule has 0 aromatic heterocycles. The van der Waals surface area contributed by atoms with Gasteiger partial charge in [0.05, 0.1) is 31.7 Å². The van der Waals surface area contributed by atoms with E-state index in [4.69, 9.17) is 9.47 Å². The molecule has 0 radical (unpaired) electrons. The summed E-state index contributed by atoms with van der Waals surface area (Å²) in [6.07, 6.45) is 6.29. The van der Waals surface area contributed by atoms with Crippen LogP contribution in [0.3, 0.4) is 0 Å². The molecule has 0 spiro atoms. The number of carbonyl (C=O) groups excluding carboxylic acids is 2. The second-order valence-corrected chi connectivity index (χ2v) is 7.64. The van der Waals surface area contributed by atoms with Crippen molar-refractivity contribution >= 4 is 11.8 Å². The first kappa shape index (κ1) is 19.0. The third kappa shape index (κ3) is 3.41. The van der Waals surface area contributed by atoms with Gasteiger partial charge in [-0.05, 0) is 56.4 Å². The fourth-order valence-electron chi connectivity index (χ4n) is 4.49. The average Bonchev–Trinajstić information content (AvgIpc) is 2.94. The van der Waals surface area contributed by atoms with E-state index in [0.717, 1.165) is 24.5 Å². The monoisotopic (exact) mass is 384 g/mol. The highest BCUT2D eigenvalue weighted by Crippen LogP contribution is 2.37. The Labute approximate surface area is 166 Å². The van der Waals surface area contributed by atoms with Crippen LogP contribution in [0.2, 0.25) is 0 Å². The van der Waals surface area contributed by atoms with E-state index >= 15 is 0 Å². The normalized spacial score (nSPS) is 24.3. The Kier molecular flexibility index (Phi) is 5.40. The summed E-state index contributed by atoms with van der Waals surface area (Å²) in [7, 11) is 0. The molecule has 6 heteroatoms. The van der Waals surface area contributed by atoms with E-state index in [9.17, 15) is 9.59 Å². The standard InChI is InChI=1S/C22H28N2O4/c1-3-27-19-11-15-9-10-23(13-16(15)12-20(19)28-4-2)14-24-21(25)17-7-5-6-8-18(17)22(24)26/h5-6,11-12,17-18H,3-4,7-10,13-14H2,1-2H3/t17-,18+. The van der Waals surface area contributed by atoms with Gasteiger partial charge in [0.1, 0.15) is 0 Å². The average molecular weight is 384 g/mol. The Morgan fingerprint density at radius 3 is 2.07 bits per heavy atom. The van der Waals surface area contributed by atoms with Crippen molar-refractivity contribution in [2.75, 3.05) is 26.4 Å². The molecule has 2 aliphatic heterocycles. The van der Waals surface area contributed by atoms with Gasteiger partial charge >= 0.3 is 0 Å². The SMILES string of the molecule is CCOc1cc2c(cc1OCC)CN(CN1C(=O)[C@H]3CC=CC[C@H]3C1=O)CC2. The van der Waals surface area contributed by atoms with Crippen molar-refractivity contribution in [1.82, 2.24) is 9.80 Å². The Bertz CT molecular complexity index is 778. The van der Waals surface area contributed by atoms with E-state index in [1.807, 2.05) is 32.1 Å². The summed E-state index contributed by atoms with van der Waals surface area (Å²) in [6.45, 7) is 7.00. The second kappa shape index (κ2) is 7.95. The van der Waals surface area contributed by atoms with E-state index < -0.39 is 0 Å². The number of likely N-dealkylation sites (tertiary alicyclic amines) is 1. The third-order valence-corrected chi connectivity index (χ3v) is 5.90. The lowest BCUT2D eigenvalue weighted by Gasteiger charge is -2.32. The van der Waals surface area contributed by atoms with E-state index in [1.165, 1.54) is 16.0 Å². The molecule has 0 saturated carbocycles. The van der Waals surface area contributed by atoms with Gasteiger partial charge in [0, 0.05) is 13.1 Å². The van der Waals surface area contributed by atoms with Crippen LogP contribution >= 0.6 is 0 Å². The van der Waals surface area contributed by atoms with Crippen molar-refractivity contribution < 1.29 is 19.1 Å². The number of rotatable bonds is 6. The van der Waals surface area contributed by atoms with Crippen molar-refractivity contribution in [2.24, 2.45) is 11.8 Å². The highest BCUT2D eigenvalue weighted by molar-refractivity contribution is 6.05. The number of carbonyl (C=O) groups is 2. The number of ether oxygens (including phenoxy) is 2. The van der Waals surface area contributed by atoms with Gasteiger partial charge in [-0.25, -0.2) is 0 Å². The summed E-state index contributed by atoms with van der Waals surface area (Å²) in [5, 5.41) is 0. The fraction of sp³-hybridized carbons (Fsp3) is 0.545. The number of allylic oxidation sites excluding steroid dienone is 2. The molecule has 2 heterocycles. The van der Waals surface area contributed by atoms with Crippen LogP contribution < -0.4 is 9.47 Å². The zero-order valence-electron chi connectivity index (χ0n) is 16.6. The predicted octanol–water partition coefficient (Wildman–Crippen LogP) is 2.75. The summed E-state index contributed by atoms with van der Waals surface area (Å²) < 4.78 is 11.5. The molecular weight excluding hydrogens is 356 g/mol. The largest absolute Gasteiger partial charge is 0.490 e. The lowest BCUT2D eigenvalue weighted by atomic mass is 9.85. The van der Waals surface area contributed by atoms with Crippen molar-refractivity contribution in [3.63, 3.8) is 0 Å². The molecule has 1 aromatic rings. The molecule has 28 heavy (non-hydrogen) atoms. The molecule has 1 aliphatic carbocycles. The summed E-state index contributed by atoms with van der Waals surface area (Å²) in [5.74, 6) is 1.22. The zero-order chi connectivity index (χ0) is 19.7. The molecule has 0 bridgehead atoms. The van der Waals surface area contributed by atoms with Crippen LogP contribution in [-0.4, -0.2) is 48.0 Å². The molecule has 4 rings (SSSR count). The van der Waals surface area contributed by atoms with Crippen LogP contribution in [0, 0.1) is 11.8 Å². The predicted molar refractivity (Wildman–Crippen MR) is 105 cm³/mol. The Hall–Kier alpha value is -2.34. The molecule has 1 saturated heterocycles. The summed E-state index contributed by atoms with van der Waals surface area (Å²) in [5.41, 5.74) is 2.43. The van der Waals surface area contributed by atoms with Gasteiger partial charge in [-0.15, -0.1) is 0 Å². The first-order valence-corrected chi connectivity index (χ1v) is 10.3. The van der Waals surface area contributed by atoms with Crippen LogP contribution in [0.15, 0.2) is 24.3 Å². The first-order valence-electron chi connectivity index (χ1n) is 10.3. The maximum Gasteiger partial charge on any atom is 0.234 e. The number of imide groups is 1. The molecule has 0 N–H and O–H groups in total. The van der Waals surface area contributed by atoms with Crippen molar-refractivity contribution in [2.45, 2.75) is 39.7 Å². The lowest BCUT2D eigenvalue weighted by molar-refractivity contribution is -0.142. The van der Waals surface area contributed by atoms with Gasteiger partial charge in [-0.3, -0.25) is 19.4 Å². The van der Waals surface area contributed by atoms with Gasteiger partial charge in [0.25, 0.3) is 0 Å². The molecule has 0 unspecified atom stereocenters. The van der Waals surface area contributed by atoms with E-state index in [1.54, 1.807) is 0 Å². The zero-order valence-corrected chi connectivity index (χ0v) is 16.6. The Morgan fingerprint density at radius 2 is 1.50 bits per heavy atom. The van der Waals surface area contributed by atoms with Gasteiger partial charge in [-0.1, -0.05) is 12.2 Å². The minimum absolute atomic E-state index is 0.00755. The number of amides is 2. The maximum absolute atomic E-state index is 12.7. The summed E-state index contributed by atoms with van der Waals surface area (Å²) in [6, 6.07) is 4.13. The number of hydrogen-bond donors (Lipinski definition) is 0. The van der Waals surface area contributed by atoms with E-state index in [-0.39, 0.29) is 23.7 Å². The second-order valence-electron chi connectivity index (χ2n) is 7.64. The smallest absolute Gasteiger partial charge is 0.234 e. The quantitative estimate of drug-likeness (QED) is 0.558. The highest BCUT2D eigenvalue weighted by atomic mass is 16.5. The van der Waals surface area contributed by atoms with Crippen molar-refractivity contribution in [3.05, 3.63) is 35.4 Å². The molecule has 150 valence electrons. The minimum atomic E-state index is -0.159. The minimum Gasteiger partial charge on any atom is -0.490 e. The topological polar surface area (TPSA) is 59.1 Å². The van der Waals surface area contributed by atoms with Crippen LogP contribution in [0.25, 0.3) is 0 Å². The molecule has 2 atom stereocenters. The summed E-state index contributed by atoms with van der Waals surface area (Å²) in [4.78, 5) is 29.1. The molecule has 2 amide bonds. The molecule has 3 aliphatic rings. The van der Waals surface area contributed by atoms with Crippen LogP contribution in [0.1, 0.15) is 37.8 Å². The number of hydrogen-bond acceptors (Lipinski definition) is 5. The fourth-order valence-corrected chi connectivity index (χ4v) is 4.49. The molecule has 6 nitrogen and oxygen atoms in total. The Balaban J connectivity index is 1.49. The highest BCUT2D eigenvalue weighted by Gasteiger charge is 2.47. The first-order chi connectivity index (χ1) is 13.6. The van der Waals surface area contributed by atoms with Gasteiger partial charge in [-0.2, -0.15) is 0 Å².